The van der Waals surface area contributed by atoms with E-state index in [-0.39, 0.29) is 28.6 Å². The summed E-state index contributed by atoms with van der Waals surface area (Å²) < 4.78 is 10.5. The van der Waals surface area contributed by atoms with Crippen LogP contribution in [0.3, 0.4) is 0 Å². The zero-order valence-electron chi connectivity index (χ0n) is 17.8. The molecular formula is C24H24N2O6. The largest absolute Gasteiger partial charge is 0.494 e. The summed E-state index contributed by atoms with van der Waals surface area (Å²) in [6.07, 6.45) is 4.04. The number of carbonyl (C=O) groups excluding carboxylic acids is 4. The van der Waals surface area contributed by atoms with Crippen molar-refractivity contribution in [3.05, 3.63) is 59.2 Å². The summed E-state index contributed by atoms with van der Waals surface area (Å²) in [5, 5.41) is 2.85. The quantitative estimate of drug-likeness (QED) is 0.529. The van der Waals surface area contributed by atoms with Gasteiger partial charge in [-0.2, -0.15) is 0 Å². The molecule has 0 spiro atoms. The SMILES string of the molecule is CCOc1ccc(N2C(=O)c3ccc(C(=O)OCC(=O)NC4CCCC4)cc3C2=O)cc1. The molecule has 2 aliphatic rings. The highest BCUT2D eigenvalue weighted by molar-refractivity contribution is 6.34. The van der Waals surface area contributed by atoms with Crippen LogP contribution in [0.1, 0.15) is 63.7 Å². The Kier molecular flexibility index (Phi) is 6.20. The van der Waals surface area contributed by atoms with Gasteiger partial charge in [-0.3, -0.25) is 14.4 Å². The van der Waals surface area contributed by atoms with Gasteiger partial charge in [-0.15, -0.1) is 0 Å². The third kappa shape index (κ3) is 4.34. The summed E-state index contributed by atoms with van der Waals surface area (Å²) in [4.78, 5) is 51.1. The number of benzene rings is 2. The van der Waals surface area contributed by atoms with Crippen molar-refractivity contribution < 1.29 is 28.7 Å². The normalized spacial score (nSPS) is 15.6. The van der Waals surface area contributed by atoms with Crippen LogP contribution in [0.5, 0.6) is 5.75 Å². The molecule has 0 unspecified atom stereocenters. The number of esters is 1. The fraction of sp³-hybridized carbons (Fsp3) is 0.333. The monoisotopic (exact) mass is 436 g/mol. The number of anilines is 1. The van der Waals surface area contributed by atoms with Crippen LogP contribution in [-0.4, -0.2) is 42.9 Å². The van der Waals surface area contributed by atoms with Crippen molar-refractivity contribution in [2.24, 2.45) is 0 Å². The first-order valence-corrected chi connectivity index (χ1v) is 10.7. The van der Waals surface area contributed by atoms with Crippen molar-refractivity contribution in [2.75, 3.05) is 18.1 Å². The number of nitrogens with one attached hydrogen (secondary N) is 1. The number of ether oxygens (including phenoxy) is 2. The van der Waals surface area contributed by atoms with Gasteiger partial charge in [-0.05, 0) is 62.2 Å². The van der Waals surface area contributed by atoms with Crippen molar-refractivity contribution in [3.8, 4) is 5.75 Å². The van der Waals surface area contributed by atoms with E-state index in [0.29, 0.717) is 18.0 Å². The summed E-state index contributed by atoms with van der Waals surface area (Å²) >= 11 is 0. The third-order valence-electron chi connectivity index (χ3n) is 5.58. The van der Waals surface area contributed by atoms with Crippen LogP contribution in [0.2, 0.25) is 0 Å². The number of amides is 3. The minimum atomic E-state index is -0.728. The molecule has 0 radical (unpaired) electrons. The van der Waals surface area contributed by atoms with Gasteiger partial charge in [0.1, 0.15) is 5.75 Å². The van der Waals surface area contributed by atoms with Crippen molar-refractivity contribution in [1.29, 1.82) is 0 Å². The summed E-state index contributed by atoms with van der Waals surface area (Å²) in [5.74, 6) is -1.43. The molecule has 3 amide bonds. The van der Waals surface area contributed by atoms with E-state index in [4.69, 9.17) is 9.47 Å². The zero-order valence-corrected chi connectivity index (χ0v) is 17.8. The summed E-state index contributed by atoms with van der Waals surface area (Å²) in [6, 6.07) is 10.9. The van der Waals surface area contributed by atoms with Gasteiger partial charge in [0.2, 0.25) is 0 Å². The van der Waals surface area contributed by atoms with E-state index in [2.05, 4.69) is 5.32 Å². The van der Waals surface area contributed by atoms with Gasteiger partial charge < -0.3 is 14.8 Å². The van der Waals surface area contributed by atoms with E-state index in [1.54, 1.807) is 24.3 Å². The van der Waals surface area contributed by atoms with Crippen molar-refractivity contribution in [1.82, 2.24) is 5.32 Å². The molecule has 8 nitrogen and oxygen atoms in total. The highest BCUT2D eigenvalue weighted by Gasteiger charge is 2.37. The summed E-state index contributed by atoms with van der Waals surface area (Å²) in [5.41, 5.74) is 0.840. The van der Waals surface area contributed by atoms with Gasteiger partial charge in [0.25, 0.3) is 17.7 Å². The Morgan fingerprint density at radius 2 is 1.69 bits per heavy atom. The first-order chi connectivity index (χ1) is 15.5. The third-order valence-corrected chi connectivity index (χ3v) is 5.58. The molecule has 2 aromatic rings. The standard InChI is InChI=1S/C24H24N2O6/c1-2-31-18-10-8-17(9-11-18)26-22(28)19-12-7-15(13-20(19)23(26)29)24(30)32-14-21(27)25-16-5-3-4-6-16/h7-13,16H,2-6,14H2,1H3,(H,25,27). The molecule has 0 atom stereocenters. The van der Waals surface area contributed by atoms with Gasteiger partial charge in [-0.1, -0.05) is 12.8 Å². The molecule has 8 heteroatoms. The van der Waals surface area contributed by atoms with Gasteiger partial charge in [0.05, 0.1) is 29.0 Å². The lowest BCUT2D eigenvalue weighted by Gasteiger charge is -2.14. The molecule has 0 aromatic heterocycles. The predicted octanol–water partition coefficient (Wildman–Crippen LogP) is 3.10. The van der Waals surface area contributed by atoms with E-state index >= 15 is 0 Å². The van der Waals surface area contributed by atoms with Crippen LogP contribution in [-0.2, 0) is 9.53 Å². The molecule has 1 aliphatic carbocycles. The molecule has 0 bridgehead atoms. The first-order valence-electron chi connectivity index (χ1n) is 10.7. The average molecular weight is 436 g/mol. The average Bonchev–Trinajstić information content (AvgIpc) is 3.39. The van der Waals surface area contributed by atoms with Crippen LogP contribution >= 0.6 is 0 Å². The molecule has 1 saturated carbocycles. The van der Waals surface area contributed by atoms with Gasteiger partial charge >= 0.3 is 5.97 Å². The maximum absolute atomic E-state index is 12.9. The Balaban J connectivity index is 1.43. The summed E-state index contributed by atoms with van der Waals surface area (Å²) in [6.45, 7) is 1.98. The molecule has 1 fully saturated rings. The smallest absolute Gasteiger partial charge is 0.338 e. The first kappa shape index (κ1) is 21.5. The molecule has 32 heavy (non-hydrogen) atoms. The van der Waals surface area contributed by atoms with E-state index in [0.717, 1.165) is 30.6 Å². The Bertz CT molecular complexity index is 1060. The second-order valence-electron chi connectivity index (χ2n) is 7.76. The molecule has 1 heterocycles. The molecule has 2 aromatic carbocycles. The van der Waals surface area contributed by atoms with Gasteiger partial charge in [0, 0.05) is 6.04 Å². The zero-order chi connectivity index (χ0) is 22.7. The van der Waals surface area contributed by atoms with E-state index in [1.807, 2.05) is 6.92 Å². The van der Waals surface area contributed by atoms with E-state index in [9.17, 15) is 19.2 Å². The number of carbonyl (C=O) groups is 4. The van der Waals surface area contributed by atoms with Gasteiger partial charge in [0.15, 0.2) is 6.61 Å². The minimum absolute atomic E-state index is 0.104. The van der Waals surface area contributed by atoms with Crippen LogP contribution < -0.4 is 15.0 Å². The maximum Gasteiger partial charge on any atom is 0.338 e. The van der Waals surface area contributed by atoms with Crippen molar-refractivity contribution in [3.63, 3.8) is 0 Å². The number of hydrogen-bond acceptors (Lipinski definition) is 6. The highest BCUT2D eigenvalue weighted by atomic mass is 16.5. The Labute approximate surface area is 185 Å². The molecule has 4 rings (SSSR count). The van der Waals surface area contributed by atoms with E-state index < -0.39 is 24.4 Å². The second kappa shape index (κ2) is 9.21. The fourth-order valence-electron chi connectivity index (χ4n) is 4.01. The Morgan fingerprint density at radius 3 is 2.38 bits per heavy atom. The Hall–Kier alpha value is -3.68. The number of imide groups is 1. The summed E-state index contributed by atoms with van der Waals surface area (Å²) in [7, 11) is 0. The minimum Gasteiger partial charge on any atom is -0.494 e. The van der Waals surface area contributed by atoms with E-state index in [1.165, 1.54) is 18.2 Å². The van der Waals surface area contributed by atoms with Gasteiger partial charge in [-0.25, -0.2) is 9.69 Å². The second-order valence-corrected chi connectivity index (χ2v) is 7.76. The number of fused-ring (bicyclic) bond motifs is 1. The molecule has 0 saturated heterocycles. The molecular weight excluding hydrogens is 412 g/mol. The Morgan fingerprint density at radius 1 is 1.00 bits per heavy atom. The predicted molar refractivity (Wildman–Crippen MR) is 116 cm³/mol. The van der Waals surface area contributed by atoms with Crippen molar-refractivity contribution >= 4 is 29.4 Å². The lowest BCUT2D eigenvalue weighted by atomic mass is 10.1. The van der Waals surface area contributed by atoms with Crippen LogP contribution in [0.25, 0.3) is 0 Å². The highest BCUT2D eigenvalue weighted by Crippen LogP contribution is 2.30. The molecule has 1 N–H and O–H groups in total. The molecule has 1 aliphatic heterocycles. The topological polar surface area (TPSA) is 102 Å². The van der Waals surface area contributed by atoms with Crippen LogP contribution in [0, 0.1) is 0 Å². The van der Waals surface area contributed by atoms with Crippen LogP contribution in [0.15, 0.2) is 42.5 Å². The number of nitrogens with zero attached hydrogens (tertiary/aromatic N) is 1. The lowest BCUT2D eigenvalue weighted by Crippen LogP contribution is -2.35. The molecule has 166 valence electrons. The van der Waals surface area contributed by atoms with Crippen LogP contribution in [0.4, 0.5) is 5.69 Å². The maximum atomic E-state index is 12.9. The van der Waals surface area contributed by atoms with Crippen molar-refractivity contribution in [2.45, 2.75) is 38.6 Å². The number of rotatable bonds is 7. The fourth-order valence-corrected chi connectivity index (χ4v) is 4.01. The lowest BCUT2D eigenvalue weighted by molar-refractivity contribution is -0.124. The number of hydrogen-bond donors (Lipinski definition) is 1.